The minimum Gasteiger partial charge on any atom is -0.355 e. The molecule has 2 heterocycles. The molecule has 98 valence electrons. The number of amides is 1. The van der Waals surface area contributed by atoms with Gasteiger partial charge in [0.05, 0.1) is 5.54 Å². The summed E-state index contributed by atoms with van der Waals surface area (Å²) in [6.07, 6.45) is 2.67. The molecule has 0 spiro atoms. The van der Waals surface area contributed by atoms with Gasteiger partial charge in [-0.1, -0.05) is 17.7 Å². The van der Waals surface area contributed by atoms with Gasteiger partial charge in [0.15, 0.2) is 0 Å². The van der Waals surface area contributed by atoms with Gasteiger partial charge >= 0.3 is 0 Å². The number of carbonyl (C=O) groups excluding carboxylic acids is 1. The molecule has 0 aliphatic carbocycles. The van der Waals surface area contributed by atoms with Crippen LogP contribution >= 0.6 is 11.6 Å². The first-order valence-corrected chi connectivity index (χ1v) is 6.58. The Bertz CT molecular complexity index is 434. The fourth-order valence-corrected chi connectivity index (χ4v) is 2.30. The molecule has 2 rings (SSSR count). The van der Waals surface area contributed by atoms with Crippen LogP contribution in [0.5, 0.6) is 0 Å². The van der Waals surface area contributed by atoms with Crippen LogP contribution in [0.3, 0.4) is 0 Å². The molecule has 0 bridgehead atoms. The van der Waals surface area contributed by atoms with Gasteiger partial charge in [0.1, 0.15) is 5.15 Å². The van der Waals surface area contributed by atoms with E-state index in [9.17, 15) is 4.79 Å². The molecule has 4 nitrogen and oxygen atoms in total. The second kappa shape index (κ2) is 5.24. The van der Waals surface area contributed by atoms with Crippen LogP contribution < -0.4 is 5.32 Å². The smallest absolute Gasteiger partial charge is 0.240 e. The van der Waals surface area contributed by atoms with E-state index in [1.807, 2.05) is 19.9 Å². The van der Waals surface area contributed by atoms with E-state index in [1.165, 1.54) is 0 Å². The van der Waals surface area contributed by atoms with Crippen LogP contribution in [0.25, 0.3) is 0 Å². The van der Waals surface area contributed by atoms with Crippen LogP contribution in [0.2, 0.25) is 5.15 Å². The molecule has 0 aromatic carbocycles. The maximum atomic E-state index is 12.0. The Kier molecular flexibility index (Phi) is 3.88. The number of rotatable bonds is 4. The summed E-state index contributed by atoms with van der Waals surface area (Å²) in [7, 11) is 0. The first-order chi connectivity index (χ1) is 8.56. The molecule has 1 fully saturated rings. The Morgan fingerprint density at radius 3 is 2.89 bits per heavy atom. The van der Waals surface area contributed by atoms with Gasteiger partial charge in [-0.2, -0.15) is 0 Å². The average Bonchev–Trinajstić information content (AvgIpc) is 2.36. The Balaban J connectivity index is 2.02. The van der Waals surface area contributed by atoms with E-state index >= 15 is 0 Å². The third kappa shape index (κ3) is 2.49. The Hall–Kier alpha value is -1.13. The van der Waals surface area contributed by atoms with Crippen molar-refractivity contribution in [2.75, 3.05) is 13.1 Å². The summed E-state index contributed by atoms with van der Waals surface area (Å²) in [5.41, 5.74) is 0.699. The van der Waals surface area contributed by atoms with E-state index in [1.54, 1.807) is 12.3 Å². The average molecular weight is 268 g/mol. The van der Waals surface area contributed by atoms with Crippen molar-refractivity contribution in [2.45, 2.75) is 32.4 Å². The van der Waals surface area contributed by atoms with E-state index in [0.717, 1.165) is 25.1 Å². The molecule has 1 aliphatic heterocycles. The standard InChI is InChI=1S/C13H18ClN3O/c1-3-15-12(18)13(2)6-7-17(13)9-10-4-5-11(14)16-8-10/h4-5,8H,3,6-7,9H2,1-2H3,(H,15,18). The molecule has 1 atom stereocenters. The fraction of sp³-hybridized carbons (Fsp3) is 0.538. The molecule has 1 aliphatic rings. The van der Waals surface area contributed by atoms with Crippen molar-refractivity contribution < 1.29 is 4.79 Å². The molecular formula is C13H18ClN3O. The summed E-state index contributed by atoms with van der Waals surface area (Å²) in [5, 5.41) is 3.39. The zero-order chi connectivity index (χ0) is 13.2. The second-order valence-electron chi connectivity index (χ2n) is 4.79. The van der Waals surface area contributed by atoms with Gasteiger partial charge in [0.25, 0.3) is 0 Å². The number of halogens is 1. The maximum Gasteiger partial charge on any atom is 0.240 e. The van der Waals surface area contributed by atoms with Crippen LogP contribution in [0, 0.1) is 0 Å². The van der Waals surface area contributed by atoms with Crippen molar-refractivity contribution >= 4 is 17.5 Å². The first kappa shape index (κ1) is 13.3. The predicted molar refractivity (Wildman–Crippen MR) is 71.4 cm³/mol. The van der Waals surface area contributed by atoms with Crippen LogP contribution in [-0.2, 0) is 11.3 Å². The maximum absolute atomic E-state index is 12.0. The lowest BCUT2D eigenvalue weighted by Crippen LogP contribution is -2.65. The Labute approximate surface area is 112 Å². The van der Waals surface area contributed by atoms with Crippen molar-refractivity contribution in [3.63, 3.8) is 0 Å². The SMILES string of the molecule is CCNC(=O)C1(C)CCN1Cc1ccc(Cl)nc1. The molecule has 0 radical (unpaired) electrons. The minimum absolute atomic E-state index is 0.109. The molecule has 5 heteroatoms. The number of pyridine rings is 1. The summed E-state index contributed by atoms with van der Waals surface area (Å²) < 4.78 is 0. The molecular weight excluding hydrogens is 250 g/mol. The lowest BCUT2D eigenvalue weighted by atomic mass is 9.85. The van der Waals surface area contributed by atoms with Gasteiger partial charge in [0, 0.05) is 25.8 Å². The molecule has 1 unspecified atom stereocenters. The number of hydrogen-bond acceptors (Lipinski definition) is 3. The summed E-state index contributed by atoms with van der Waals surface area (Å²) in [5.74, 6) is 0.109. The number of likely N-dealkylation sites (tertiary alicyclic amines) is 1. The van der Waals surface area contributed by atoms with E-state index in [2.05, 4.69) is 15.2 Å². The number of likely N-dealkylation sites (N-methyl/N-ethyl adjacent to an activating group) is 1. The van der Waals surface area contributed by atoms with Gasteiger partial charge in [0.2, 0.25) is 5.91 Å². The lowest BCUT2D eigenvalue weighted by Gasteiger charge is -2.49. The number of aromatic nitrogens is 1. The van der Waals surface area contributed by atoms with Crippen LogP contribution in [0.1, 0.15) is 25.8 Å². The highest BCUT2D eigenvalue weighted by Crippen LogP contribution is 2.32. The number of nitrogens with one attached hydrogen (secondary N) is 1. The summed E-state index contributed by atoms with van der Waals surface area (Å²) in [6.45, 7) is 6.27. The highest BCUT2D eigenvalue weighted by molar-refractivity contribution is 6.29. The Morgan fingerprint density at radius 1 is 1.61 bits per heavy atom. The highest BCUT2D eigenvalue weighted by atomic mass is 35.5. The van der Waals surface area contributed by atoms with E-state index < -0.39 is 0 Å². The van der Waals surface area contributed by atoms with E-state index in [0.29, 0.717) is 11.7 Å². The van der Waals surface area contributed by atoms with Crippen molar-refractivity contribution in [2.24, 2.45) is 0 Å². The molecule has 1 saturated heterocycles. The largest absolute Gasteiger partial charge is 0.355 e. The van der Waals surface area contributed by atoms with Gasteiger partial charge in [-0.05, 0) is 31.9 Å². The fourth-order valence-electron chi connectivity index (χ4n) is 2.19. The zero-order valence-electron chi connectivity index (χ0n) is 10.7. The van der Waals surface area contributed by atoms with Gasteiger partial charge in [-0.15, -0.1) is 0 Å². The van der Waals surface area contributed by atoms with E-state index in [-0.39, 0.29) is 11.4 Å². The third-order valence-electron chi connectivity index (χ3n) is 3.56. The van der Waals surface area contributed by atoms with Crippen molar-refractivity contribution in [3.05, 3.63) is 29.0 Å². The highest BCUT2D eigenvalue weighted by Gasteiger charge is 2.46. The van der Waals surface area contributed by atoms with Crippen LogP contribution in [-0.4, -0.2) is 34.4 Å². The number of carbonyl (C=O) groups is 1. The van der Waals surface area contributed by atoms with Crippen molar-refractivity contribution in [1.29, 1.82) is 0 Å². The van der Waals surface area contributed by atoms with Crippen molar-refractivity contribution in [1.82, 2.24) is 15.2 Å². The summed E-state index contributed by atoms with van der Waals surface area (Å²) in [6, 6.07) is 3.73. The summed E-state index contributed by atoms with van der Waals surface area (Å²) in [4.78, 5) is 18.2. The number of hydrogen-bond donors (Lipinski definition) is 1. The van der Waals surface area contributed by atoms with Gasteiger partial charge in [-0.3, -0.25) is 9.69 Å². The summed E-state index contributed by atoms with van der Waals surface area (Å²) >= 11 is 5.75. The molecule has 1 aromatic heterocycles. The van der Waals surface area contributed by atoms with Gasteiger partial charge in [-0.25, -0.2) is 4.98 Å². The van der Waals surface area contributed by atoms with Crippen LogP contribution in [0.4, 0.5) is 0 Å². The molecule has 1 amide bonds. The zero-order valence-corrected chi connectivity index (χ0v) is 11.5. The monoisotopic (exact) mass is 267 g/mol. The van der Waals surface area contributed by atoms with Gasteiger partial charge < -0.3 is 5.32 Å². The predicted octanol–water partition coefficient (Wildman–Crippen LogP) is 1.84. The quantitative estimate of drug-likeness (QED) is 0.847. The first-order valence-electron chi connectivity index (χ1n) is 6.20. The minimum atomic E-state index is -0.379. The van der Waals surface area contributed by atoms with Crippen LogP contribution in [0.15, 0.2) is 18.3 Å². The van der Waals surface area contributed by atoms with Crippen molar-refractivity contribution in [3.8, 4) is 0 Å². The number of nitrogens with zero attached hydrogens (tertiary/aromatic N) is 2. The molecule has 18 heavy (non-hydrogen) atoms. The van der Waals surface area contributed by atoms with E-state index in [4.69, 9.17) is 11.6 Å². The normalized spacial score (nSPS) is 23.5. The molecule has 0 saturated carbocycles. The molecule has 1 aromatic rings. The second-order valence-corrected chi connectivity index (χ2v) is 5.18. The topological polar surface area (TPSA) is 45.2 Å². The lowest BCUT2D eigenvalue weighted by molar-refractivity contribution is -0.141. The molecule has 1 N–H and O–H groups in total. The third-order valence-corrected chi connectivity index (χ3v) is 3.78. The Morgan fingerprint density at radius 2 is 2.39 bits per heavy atom.